The molecule has 6 nitrogen and oxygen atoms in total. The number of hydrogen-bond donors (Lipinski definition) is 1. The third-order valence-corrected chi connectivity index (χ3v) is 2.79. The average Bonchev–Trinajstić information content (AvgIpc) is 2.43. The van der Waals surface area contributed by atoms with E-state index in [2.05, 4.69) is 5.32 Å². The van der Waals surface area contributed by atoms with Crippen molar-refractivity contribution in [2.45, 2.75) is 13.8 Å². The molecule has 0 heterocycles. The number of hydroxylamine groups is 2. The van der Waals surface area contributed by atoms with Gasteiger partial charge in [0.1, 0.15) is 0 Å². The van der Waals surface area contributed by atoms with Gasteiger partial charge in [-0.2, -0.15) is 0 Å². The van der Waals surface area contributed by atoms with Gasteiger partial charge < -0.3 is 4.74 Å². The van der Waals surface area contributed by atoms with Gasteiger partial charge in [0.05, 0.1) is 25.0 Å². The molecule has 7 heteroatoms. The number of halogens is 1. The first-order valence-electron chi connectivity index (χ1n) is 6.40. The van der Waals surface area contributed by atoms with E-state index in [1.807, 2.05) is 13.8 Å². The van der Waals surface area contributed by atoms with Gasteiger partial charge in [0, 0.05) is 12.1 Å². The Balaban J connectivity index is 2.92. The minimum Gasteiger partial charge on any atom is -0.449 e. The second-order valence-corrected chi connectivity index (χ2v) is 5.23. The van der Waals surface area contributed by atoms with Crippen molar-refractivity contribution in [1.82, 2.24) is 5.06 Å². The molecule has 0 aromatic heterocycles. The molecular weight excluding hydrogens is 296 g/mol. The summed E-state index contributed by atoms with van der Waals surface area (Å²) in [6.45, 7) is 4.14. The summed E-state index contributed by atoms with van der Waals surface area (Å²) in [5.41, 5.74) is 0.524. The van der Waals surface area contributed by atoms with Crippen molar-refractivity contribution < 1.29 is 19.2 Å². The normalized spacial score (nSPS) is 10.4. The highest BCUT2D eigenvalue weighted by molar-refractivity contribution is 6.31. The lowest BCUT2D eigenvalue weighted by molar-refractivity contribution is -0.0756. The molecule has 0 bridgehead atoms. The molecule has 21 heavy (non-hydrogen) atoms. The molecule has 0 spiro atoms. The Morgan fingerprint density at radius 1 is 1.38 bits per heavy atom. The van der Waals surface area contributed by atoms with Gasteiger partial charge in [-0.05, 0) is 24.1 Å². The summed E-state index contributed by atoms with van der Waals surface area (Å²) in [4.78, 5) is 28.7. The standard InChI is InChI=1S/C14H19ClN2O4/c1-9(2)8-21-14(19)16-12-7-10(15)5-6-11(12)13(18)17(3)20-4/h5-7,9H,8H2,1-4H3,(H,16,19). The topological polar surface area (TPSA) is 67.9 Å². The van der Waals surface area contributed by atoms with Crippen LogP contribution in [-0.4, -0.2) is 37.8 Å². The smallest absolute Gasteiger partial charge is 0.411 e. The summed E-state index contributed by atoms with van der Waals surface area (Å²) in [6, 6.07) is 4.55. The summed E-state index contributed by atoms with van der Waals surface area (Å²) >= 11 is 5.90. The fraction of sp³-hybridized carbons (Fsp3) is 0.429. The third kappa shape index (κ3) is 5.24. The average molecular weight is 315 g/mol. The van der Waals surface area contributed by atoms with Crippen molar-refractivity contribution in [1.29, 1.82) is 0 Å². The molecule has 0 aliphatic rings. The zero-order valence-electron chi connectivity index (χ0n) is 12.5. The van der Waals surface area contributed by atoms with E-state index < -0.39 is 12.0 Å². The molecule has 1 aromatic carbocycles. The largest absolute Gasteiger partial charge is 0.449 e. The van der Waals surface area contributed by atoms with Gasteiger partial charge in [-0.25, -0.2) is 9.86 Å². The number of benzene rings is 1. The van der Waals surface area contributed by atoms with E-state index in [-0.39, 0.29) is 23.8 Å². The van der Waals surface area contributed by atoms with Crippen LogP contribution in [0, 0.1) is 5.92 Å². The van der Waals surface area contributed by atoms with Gasteiger partial charge in [-0.3, -0.25) is 14.9 Å². The lowest BCUT2D eigenvalue weighted by Crippen LogP contribution is -2.27. The third-order valence-electron chi connectivity index (χ3n) is 2.56. The van der Waals surface area contributed by atoms with Gasteiger partial charge in [-0.15, -0.1) is 0 Å². The molecule has 0 aliphatic carbocycles. The van der Waals surface area contributed by atoms with E-state index in [9.17, 15) is 9.59 Å². The van der Waals surface area contributed by atoms with Crippen LogP contribution in [0.15, 0.2) is 18.2 Å². The number of carbonyl (C=O) groups excluding carboxylic acids is 2. The molecule has 0 saturated carbocycles. The van der Waals surface area contributed by atoms with E-state index >= 15 is 0 Å². The van der Waals surface area contributed by atoms with Crippen LogP contribution in [0.1, 0.15) is 24.2 Å². The zero-order valence-corrected chi connectivity index (χ0v) is 13.2. The zero-order chi connectivity index (χ0) is 16.0. The fourth-order valence-electron chi connectivity index (χ4n) is 1.45. The van der Waals surface area contributed by atoms with E-state index in [0.29, 0.717) is 5.02 Å². The Kier molecular flexibility index (Phi) is 6.45. The van der Waals surface area contributed by atoms with Crippen LogP contribution in [0.4, 0.5) is 10.5 Å². The van der Waals surface area contributed by atoms with Crippen LogP contribution in [0.25, 0.3) is 0 Å². The first kappa shape index (κ1) is 17.3. The maximum atomic E-state index is 12.1. The van der Waals surface area contributed by atoms with Crippen LogP contribution in [-0.2, 0) is 9.57 Å². The van der Waals surface area contributed by atoms with Gasteiger partial charge in [0.2, 0.25) is 0 Å². The highest BCUT2D eigenvalue weighted by Gasteiger charge is 2.18. The molecule has 1 N–H and O–H groups in total. The summed E-state index contributed by atoms with van der Waals surface area (Å²) in [5, 5.41) is 3.96. The number of nitrogens with one attached hydrogen (secondary N) is 1. The number of carbonyl (C=O) groups is 2. The number of nitrogens with zero attached hydrogens (tertiary/aromatic N) is 1. The molecular formula is C14H19ClN2O4. The highest BCUT2D eigenvalue weighted by Crippen LogP contribution is 2.22. The highest BCUT2D eigenvalue weighted by atomic mass is 35.5. The van der Waals surface area contributed by atoms with Gasteiger partial charge >= 0.3 is 6.09 Å². The number of rotatable bonds is 5. The minimum absolute atomic E-state index is 0.218. The van der Waals surface area contributed by atoms with Crippen LogP contribution in [0.5, 0.6) is 0 Å². The summed E-state index contributed by atoms with van der Waals surface area (Å²) < 4.78 is 5.02. The molecule has 0 fully saturated rings. The molecule has 0 aliphatic heterocycles. The number of amides is 2. The van der Waals surface area contributed by atoms with Crippen molar-refractivity contribution in [2.24, 2.45) is 5.92 Å². The molecule has 0 radical (unpaired) electrons. The molecule has 0 atom stereocenters. The van der Waals surface area contributed by atoms with Gasteiger partial charge in [-0.1, -0.05) is 25.4 Å². The van der Waals surface area contributed by atoms with Crippen LogP contribution in [0.3, 0.4) is 0 Å². The molecule has 2 amide bonds. The second-order valence-electron chi connectivity index (χ2n) is 4.79. The first-order chi connectivity index (χ1) is 9.85. The van der Waals surface area contributed by atoms with Gasteiger partial charge in [0.25, 0.3) is 5.91 Å². The van der Waals surface area contributed by atoms with Crippen molar-refractivity contribution in [3.8, 4) is 0 Å². The van der Waals surface area contributed by atoms with Crippen LogP contribution >= 0.6 is 11.6 Å². The monoisotopic (exact) mass is 314 g/mol. The number of anilines is 1. The quantitative estimate of drug-likeness (QED) is 0.848. The number of ether oxygens (including phenoxy) is 1. The Morgan fingerprint density at radius 2 is 2.05 bits per heavy atom. The summed E-state index contributed by atoms with van der Waals surface area (Å²) in [5.74, 6) is -0.191. The summed E-state index contributed by atoms with van der Waals surface area (Å²) in [7, 11) is 2.84. The molecule has 1 aromatic rings. The maximum Gasteiger partial charge on any atom is 0.411 e. The summed E-state index contributed by atoms with van der Waals surface area (Å²) in [6.07, 6.45) is -0.639. The van der Waals surface area contributed by atoms with Crippen LogP contribution in [0.2, 0.25) is 5.02 Å². The molecule has 0 saturated heterocycles. The van der Waals surface area contributed by atoms with Crippen LogP contribution < -0.4 is 5.32 Å². The van der Waals surface area contributed by atoms with E-state index in [4.69, 9.17) is 21.2 Å². The minimum atomic E-state index is -0.639. The van der Waals surface area contributed by atoms with Gasteiger partial charge in [0.15, 0.2) is 0 Å². The Hall–Kier alpha value is -1.79. The van der Waals surface area contributed by atoms with E-state index in [1.54, 1.807) is 6.07 Å². The van der Waals surface area contributed by atoms with Crippen molar-refractivity contribution in [3.63, 3.8) is 0 Å². The molecule has 0 unspecified atom stereocenters. The lowest BCUT2D eigenvalue weighted by atomic mass is 10.1. The van der Waals surface area contributed by atoms with E-state index in [0.717, 1.165) is 5.06 Å². The molecule has 1 rings (SSSR count). The van der Waals surface area contributed by atoms with Crippen molar-refractivity contribution >= 4 is 29.3 Å². The Morgan fingerprint density at radius 3 is 2.62 bits per heavy atom. The van der Waals surface area contributed by atoms with E-state index in [1.165, 1.54) is 26.3 Å². The van der Waals surface area contributed by atoms with Crippen molar-refractivity contribution in [3.05, 3.63) is 28.8 Å². The van der Waals surface area contributed by atoms with Crippen molar-refractivity contribution in [2.75, 3.05) is 26.1 Å². The maximum absolute atomic E-state index is 12.1. The first-order valence-corrected chi connectivity index (χ1v) is 6.78. The Labute approximate surface area is 128 Å². The fourth-order valence-corrected chi connectivity index (χ4v) is 1.62. The Bertz CT molecular complexity index is 520. The predicted molar refractivity (Wildman–Crippen MR) is 80.4 cm³/mol. The molecule has 116 valence electrons. The lowest BCUT2D eigenvalue weighted by Gasteiger charge is -2.17. The SMILES string of the molecule is CON(C)C(=O)c1ccc(Cl)cc1NC(=O)OCC(C)C. The predicted octanol–water partition coefficient (Wildman–Crippen LogP) is 3.18. The second kappa shape index (κ2) is 7.85. The number of hydrogen-bond acceptors (Lipinski definition) is 4.